The van der Waals surface area contributed by atoms with E-state index in [2.05, 4.69) is 5.32 Å². The molecule has 0 aliphatic heterocycles. The van der Waals surface area contributed by atoms with E-state index in [9.17, 15) is 9.18 Å². The van der Waals surface area contributed by atoms with Crippen LogP contribution >= 0.6 is 0 Å². The molecule has 0 saturated heterocycles. The molecule has 0 atom stereocenters. The molecule has 0 saturated carbocycles. The normalized spacial score (nSPS) is 10.3. The van der Waals surface area contributed by atoms with Crippen molar-refractivity contribution in [1.29, 1.82) is 0 Å². The van der Waals surface area contributed by atoms with Crippen LogP contribution in [0.4, 0.5) is 10.1 Å². The van der Waals surface area contributed by atoms with Crippen LogP contribution in [-0.4, -0.2) is 20.0 Å². The van der Waals surface area contributed by atoms with Gasteiger partial charge in [0.15, 0.2) is 0 Å². The lowest BCUT2D eigenvalue weighted by Crippen LogP contribution is -2.24. The first-order valence-electron chi connectivity index (χ1n) is 6.78. The van der Waals surface area contributed by atoms with Crippen LogP contribution < -0.4 is 10.2 Å². The Hall–Kier alpha value is -2.36. The second kappa shape index (κ2) is 6.39. The summed E-state index contributed by atoms with van der Waals surface area (Å²) in [4.78, 5) is 14.0. The van der Waals surface area contributed by atoms with Crippen molar-refractivity contribution in [2.45, 2.75) is 13.5 Å². The monoisotopic (exact) mass is 286 g/mol. The lowest BCUT2D eigenvalue weighted by molar-refractivity contribution is 0.0947. The van der Waals surface area contributed by atoms with Crippen molar-refractivity contribution in [1.82, 2.24) is 5.32 Å². The third kappa shape index (κ3) is 3.81. The smallest absolute Gasteiger partial charge is 0.254 e. The fourth-order valence-corrected chi connectivity index (χ4v) is 2.00. The van der Waals surface area contributed by atoms with E-state index in [0.29, 0.717) is 6.54 Å². The number of nitrogens with one attached hydrogen (secondary N) is 1. The van der Waals surface area contributed by atoms with Gasteiger partial charge in [0.25, 0.3) is 5.91 Å². The standard InChI is InChI=1S/C17H19FN2O/c1-12-4-9-16(18)15(10-12)17(21)19-11-13-5-7-14(8-6-13)20(2)3/h4-10H,11H2,1-3H3,(H,19,21). The fourth-order valence-electron chi connectivity index (χ4n) is 2.00. The number of hydrogen-bond acceptors (Lipinski definition) is 2. The maximum atomic E-state index is 13.6. The van der Waals surface area contributed by atoms with Gasteiger partial charge in [0.2, 0.25) is 0 Å². The lowest BCUT2D eigenvalue weighted by Gasteiger charge is -2.13. The van der Waals surface area contributed by atoms with Crippen LogP contribution in [0.1, 0.15) is 21.5 Å². The highest BCUT2D eigenvalue weighted by atomic mass is 19.1. The number of anilines is 1. The largest absolute Gasteiger partial charge is 0.378 e. The Kier molecular flexibility index (Phi) is 4.58. The molecule has 2 aromatic carbocycles. The highest BCUT2D eigenvalue weighted by Crippen LogP contribution is 2.13. The molecule has 2 aromatic rings. The van der Waals surface area contributed by atoms with Gasteiger partial charge in [-0.25, -0.2) is 4.39 Å². The second-order valence-corrected chi connectivity index (χ2v) is 5.23. The summed E-state index contributed by atoms with van der Waals surface area (Å²) in [6.45, 7) is 2.20. The Morgan fingerprint density at radius 3 is 2.43 bits per heavy atom. The molecule has 0 heterocycles. The van der Waals surface area contributed by atoms with Gasteiger partial charge < -0.3 is 10.2 Å². The van der Waals surface area contributed by atoms with Crippen LogP contribution in [-0.2, 0) is 6.54 Å². The molecule has 4 heteroatoms. The first kappa shape index (κ1) is 15.0. The van der Waals surface area contributed by atoms with Gasteiger partial charge in [0, 0.05) is 26.3 Å². The molecular formula is C17H19FN2O. The Morgan fingerprint density at radius 2 is 1.81 bits per heavy atom. The van der Waals surface area contributed by atoms with Gasteiger partial charge >= 0.3 is 0 Å². The van der Waals surface area contributed by atoms with E-state index in [1.165, 1.54) is 6.07 Å². The summed E-state index contributed by atoms with van der Waals surface area (Å²) >= 11 is 0. The average Bonchev–Trinajstić information content (AvgIpc) is 2.47. The number of amides is 1. The summed E-state index contributed by atoms with van der Waals surface area (Å²) < 4.78 is 13.6. The van der Waals surface area contributed by atoms with Crippen molar-refractivity contribution in [3.8, 4) is 0 Å². The minimum atomic E-state index is -0.499. The van der Waals surface area contributed by atoms with Crippen molar-refractivity contribution in [3.63, 3.8) is 0 Å². The molecule has 0 unspecified atom stereocenters. The molecule has 0 fully saturated rings. The number of nitrogens with zero attached hydrogens (tertiary/aromatic N) is 1. The molecule has 0 aromatic heterocycles. The summed E-state index contributed by atoms with van der Waals surface area (Å²) in [6, 6.07) is 12.4. The molecule has 1 N–H and O–H groups in total. The number of benzene rings is 2. The first-order chi connectivity index (χ1) is 9.97. The van der Waals surface area contributed by atoms with E-state index in [0.717, 1.165) is 16.8 Å². The summed E-state index contributed by atoms with van der Waals surface area (Å²) in [5, 5.41) is 2.74. The van der Waals surface area contributed by atoms with Crippen molar-refractivity contribution < 1.29 is 9.18 Å². The van der Waals surface area contributed by atoms with Crippen molar-refractivity contribution >= 4 is 11.6 Å². The lowest BCUT2D eigenvalue weighted by atomic mass is 10.1. The molecule has 110 valence electrons. The van der Waals surface area contributed by atoms with E-state index >= 15 is 0 Å². The van der Waals surface area contributed by atoms with E-state index in [1.807, 2.05) is 50.2 Å². The van der Waals surface area contributed by atoms with Gasteiger partial charge in [0.05, 0.1) is 5.56 Å². The molecule has 3 nitrogen and oxygen atoms in total. The number of hydrogen-bond donors (Lipinski definition) is 1. The molecule has 0 aliphatic rings. The van der Waals surface area contributed by atoms with Gasteiger partial charge in [-0.2, -0.15) is 0 Å². The number of carbonyl (C=O) groups is 1. The molecule has 0 bridgehead atoms. The number of carbonyl (C=O) groups excluding carboxylic acids is 1. The molecular weight excluding hydrogens is 267 g/mol. The van der Waals surface area contributed by atoms with Gasteiger partial charge in [0.1, 0.15) is 5.82 Å². The van der Waals surface area contributed by atoms with Gasteiger partial charge in [-0.1, -0.05) is 23.8 Å². The van der Waals surface area contributed by atoms with Gasteiger partial charge in [-0.15, -0.1) is 0 Å². The van der Waals surface area contributed by atoms with Crippen LogP contribution in [0.5, 0.6) is 0 Å². The summed E-state index contributed by atoms with van der Waals surface area (Å²) in [6.07, 6.45) is 0. The Balaban J connectivity index is 2.02. The van der Waals surface area contributed by atoms with Gasteiger partial charge in [-0.05, 0) is 36.8 Å². The highest BCUT2D eigenvalue weighted by Gasteiger charge is 2.11. The van der Waals surface area contributed by atoms with Crippen molar-refractivity contribution in [2.24, 2.45) is 0 Å². The number of halogens is 1. The minimum absolute atomic E-state index is 0.0833. The third-order valence-electron chi connectivity index (χ3n) is 3.27. The summed E-state index contributed by atoms with van der Waals surface area (Å²) in [5.41, 5.74) is 3.01. The first-order valence-corrected chi connectivity index (χ1v) is 6.78. The zero-order chi connectivity index (χ0) is 15.4. The van der Waals surface area contributed by atoms with Crippen LogP contribution in [0.25, 0.3) is 0 Å². The average molecular weight is 286 g/mol. The van der Waals surface area contributed by atoms with Crippen molar-refractivity contribution in [2.75, 3.05) is 19.0 Å². The van der Waals surface area contributed by atoms with Crippen molar-refractivity contribution in [3.05, 3.63) is 65.0 Å². The molecule has 0 aliphatic carbocycles. The molecule has 0 spiro atoms. The maximum absolute atomic E-state index is 13.6. The number of rotatable bonds is 4. The Labute approximate surface area is 124 Å². The topological polar surface area (TPSA) is 32.3 Å². The summed E-state index contributed by atoms with van der Waals surface area (Å²) in [5.74, 6) is -0.894. The van der Waals surface area contributed by atoms with E-state index in [1.54, 1.807) is 12.1 Å². The van der Waals surface area contributed by atoms with E-state index in [-0.39, 0.29) is 5.56 Å². The Morgan fingerprint density at radius 1 is 1.14 bits per heavy atom. The Bertz CT molecular complexity index is 636. The van der Waals surface area contributed by atoms with E-state index < -0.39 is 11.7 Å². The van der Waals surface area contributed by atoms with Crippen LogP contribution in [0.2, 0.25) is 0 Å². The quantitative estimate of drug-likeness (QED) is 0.936. The minimum Gasteiger partial charge on any atom is -0.378 e. The molecule has 1 amide bonds. The SMILES string of the molecule is Cc1ccc(F)c(C(=O)NCc2ccc(N(C)C)cc2)c1. The third-order valence-corrected chi connectivity index (χ3v) is 3.27. The van der Waals surface area contributed by atoms with Gasteiger partial charge in [-0.3, -0.25) is 4.79 Å². The molecule has 0 radical (unpaired) electrons. The predicted octanol–water partition coefficient (Wildman–Crippen LogP) is 3.13. The highest BCUT2D eigenvalue weighted by molar-refractivity contribution is 5.94. The molecule has 21 heavy (non-hydrogen) atoms. The fraction of sp³-hybridized carbons (Fsp3) is 0.235. The van der Waals surface area contributed by atoms with Crippen LogP contribution in [0, 0.1) is 12.7 Å². The maximum Gasteiger partial charge on any atom is 0.254 e. The predicted molar refractivity (Wildman–Crippen MR) is 83.1 cm³/mol. The van der Waals surface area contributed by atoms with Crippen LogP contribution in [0.3, 0.4) is 0 Å². The number of aryl methyl sites for hydroxylation is 1. The zero-order valence-corrected chi connectivity index (χ0v) is 12.5. The second-order valence-electron chi connectivity index (χ2n) is 5.23. The molecule has 2 rings (SSSR count). The van der Waals surface area contributed by atoms with Crippen LogP contribution in [0.15, 0.2) is 42.5 Å². The van der Waals surface area contributed by atoms with E-state index in [4.69, 9.17) is 0 Å². The summed E-state index contributed by atoms with van der Waals surface area (Å²) in [7, 11) is 3.94. The zero-order valence-electron chi connectivity index (χ0n) is 12.5.